The van der Waals surface area contributed by atoms with Crippen LogP contribution in [-0.4, -0.2) is 21.2 Å². The Hall–Kier alpha value is -2.53. The van der Waals surface area contributed by atoms with Gasteiger partial charge in [0.1, 0.15) is 5.75 Å². The molecule has 100 valence electrons. The largest absolute Gasteiger partial charge is 0.508 e. The van der Waals surface area contributed by atoms with Gasteiger partial charge in [0.25, 0.3) is 5.91 Å². The number of aromatic nitrogens is 2. The molecule has 0 aliphatic heterocycles. The van der Waals surface area contributed by atoms with Gasteiger partial charge in [0.15, 0.2) is 0 Å². The molecule has 0 aliphatic carbocycles. The van der Waals surface area contributed by atoms with Crippen molar-refractivity contribution in [2.45, 2.75) is 0 Å². The first-order valence-corrected chi connectivity index (χ1v) is 6.24. The van der Waals surface area contributed by atoms with Crippen LogP contribution in [0.1, 0.15) is 10.4 Å². The molecule has 5 nitrogen and oxygen atoms in total. The van der Waals surface area contributed by atoms with Crippen LogP contribution in [0.15, 0.2) is 42.6 Å². The van der Waals surface area contributed by atoms with Crippen LogP contribution in [0.3, 0.4) is 0 Å². The molecule has 0 aliphatic rings. The van der Waals surface area contributed by atoms with Crippen molar-refractivity contribution in [3.05, 3.63) is 53.2 Å². The summed E-state index contributed by atoms with van der Waals surface area (Å²) in [5, 5.41) is 19.9. The second kappa shape index (κ2) is 4.86. The van der Waals surface area contributed by atoms with Crippen molar-refractivity contribution in [1.29, 1.82) is 0 Å². The van der Waals surface area contributed by atoms with Crippen molar-refractivity contribution in [1.82, 2.24) is 10.2 Å². The second-order valence-corrected chi connectivity index (χ2v) is 4.70. The van der Waals surface area contributed by atoms with Gasteiger partial charge in [-0.2, -0.15) is 5.10 Å². The Morgan fingerprint density at radius 3 is 2.90 bits per heavy atom. The minimum atomic E-state index is -0.283. The van der Waals surface area contributed by atoms with E-state index in [4.69, 9.17) is 11.6 Å². The van der Waals surface area contributed by atoms with E-state index in [1.807, 2.05) is 6.07 Å². The first kappa shape index (κ1) is 12.5. The van der Waals surface area contributed by atoms with Gasteiger partial charge in [-0.3, -0.25) is 9.89 Å². The average Bonchev–Trinajstić information content (AvgIpc) is 2.89. The number of anilines is 1. The number of phenolic OH excluding ortho intramolecular Hbond substituents is 1. The maximum Gasteiger partial charge on any atom is 0.255 e. The maximum atomic E-state index is 12.2. The van der Waals surface area contributed by atoms with Crippen LogP contribution in [0.5, 0.6) is 5.75 Å². The van der Waals surface area contributed by atoms with Gasteiger partial charge in [-0.15, -0.1) is 0 Å². The van der Waals surface area contributed by atoms with Crippen LogP contribution in [0.25, 0.3) is 10.9 Å². The summed E-state index contributed by atoms with van der Waals surface area (Å²) in [6.45, 7) is 0. The highest BCUT2D eigenvalue weighted by Crippen LogP contribution is 2.26. The number of phenols is 1. The Morgan fingerprint density at radius 1 is 1.25 bits per heavy atom. The lowest BCUT2D eigenvalue weighted by Gasteiger charge is -2.07. The third-order valence-electron chi connectivity index (χ3n) is 2.90. The summed E-state index contributed by atoms with van der Waals surface area (Å²) in [6.07, 6.45) is 1.69. The molecule has 3 aromatic rings. The molecule has 3 N–H and O–H groups in total. The number of hydrogen-bond donors (Lipinski definition) is 3. The highest BCUT2D eigenvalue weighted by atomic mass is 35.5. The molecule has 0 saturated carbocycles. The number of carbonyl (C=O) groups is 1. The van der Waals surface area contributed by atoms with Gasteiger partial charge in [0, 0.05) is 17.0 Å². The highest BCUT2D eigenvalue weighted by molar-refractivity contribution is 6.34. The number of benzene rings is 2. The molecule has 0 radical (unpaired) electrons. The summed E-state index contributed by atoms with van der Waals surface area (Å²) in [5.41, 5.74) is 1.72. The molecule has 2 aromatic carbocycles. The minimum Gasteiger partial charge on any atom is -0.508 e. The summed E-state index contributed by atoms with van der Waals surface area (Å²) in [7, 11) is 0. The number of H-pyrrole nitrogens is 1. The Bertz CT molecular complexity index is 798. The van der Waals surface area contributed by atoms with Crippen LogP contribution in [0.4, 0.5) is 5.69 Å². The molecule has 0 spiro atoms. The number of aromatic hydroxyl groups is 1. The summed E-state index contributed by atoms with van der Waals surface area (Å²) in [6, 6.07) is 9.61. The summed E-state index contributed by atoms with van der Waals surface area (Å²) < 4.78 is 0. The van der Waals surface area contributed by atoms with Crippen molar-refractivity contribution in [3.8, 4) is 5.75 Å². The molecule has 0 fully saturated rings. The Labute approximate surface area is 119 Å². The fraction of sp³-hybridized carbons (Fsp3) is 0. The van der Waals surface area contributed by atoms with Crippen molar-refractivity contribution >= 4 is 34.1 Å². The smallest absolute Gasteiger partial charge is 0.255 e. The topological polar surface area (TPSA) is 78.0 Å². The lowest BCUT2D eigenvalue weighted by molar-refractivity contribution is 0.102. The molecule has 1 amide bonds. The number of nitrogens with one attached hydrogen (secondary N) is 2. The number of halogens is 1. The first-order chi connectivity index (χ1) is 9.63. The molecule has 0 bridgehead atoms. The summed E-state index contributed by atoms with van der Waals surface area (Å²) in [5.74, 6) is -0.235. The number of fused-ring (bicyclic) bond motifs is 1. The molecule has 3 rings (SSSR count). The van der Waals surface area contributed by atoms with Crippen molar-refractivity contribution in [3.63, 3.8) is 0 Å². The minimum absolute atomic E-state index is 0.0480. The number of aromatic amines is 1. The monoisotopic (exact) mass is 287 g/mol. The van der Waals surface area contributed by atoms with Gasteiger partial charge in [-0.1, -0.05) is 17.7 Å². The molecule has 1 aromatic heterocycles. The van der Waals surface area contributed by atoms with E-state index in [2.05, 4.69) is 15.5 Å². The van der Waals surface area contributed by atoms with Gasteiger partial charge < -0.3 is 10.4 Å². The second-order valence-electron chi connectivity index (χ2n) is 4.29. The molecular formula is C14H10ClN3O2. The van der Waals surface area contributed by atoms with E-state index in [-0.39, 0.29) is 16.7 Å². The SMILES string of the molecule is O=C(Nc1ccc(O)cc1Cl)c1ccc2cn[nH]c2c1. The Kier molecular flexibility index (Phi) is 3.04. The number of carbonyl (C=O) groups excluding carboxylic acids is 1. The first-order valence-electron chi connectivity index (χ1n) is 5.86. The number of hydrogen-bond acceptors (Lipinski definition) is 3. The van der Waals surface area contributed by atoms with Crippen LogP contribution < -0.4 is 5.32 Å². The lowest BCUT2D eigenvalue weighted by Crippen LogP contribution is -2.12. The quantitative estimate of drug-likeness (QED) is 0.634. The van der Waals surface area contributed by atoms with Gasteiger partial charge in [-0.25, -0.2) is 0 Å². The van der Waals surface area contributed by atoms with Crippen molar-refractivity contribution in [2.24, 2.45) is 0 Å². The van der Waals surface area contributed by atoms with Gasteiger partial charge in [0.05, 0.1) is 22.4 Å². The summed E-state index contributed by atoms with van der Waals surface area (Å²) in [4.78, 5) is 12.2. The van der Waals surface area contributed by atoms with E-state index in [1.54, 1.807) is 24.4 Å². The number of nitrogens with zero attached hydrogens (tertiary/aromatic N) is 1. The molecule has 0 atom stereocenters. The van der Waals surface area contributed by atoms with Crippen LogP contribution in [-0.2, 0) is 0 Å². The Balaban J connectivity index is 1.88. The van der Waals surface area contributed by atoms with Crippen molar-refractivity contribution in [2.75, 3.05) is 5.32 Å². The van der Waals surface area contributed by atoms with Crippen molar-refractivity contribution < 1.29 is 9.90 Å². The number of amides is 1. The predicted molar refractivity (Wildman–Crippen MR) is 77.2 cm³/mol. The van der Waals surface area contributed by atoms with Gasteiger partial charge in [-0.05, 0) is 24.3 Å². The molecule has 6 heteroatoms. The standard InChI is InChI=1S/C14H10ClN3O2/c15-11-6-10(19)3-4-12(11)17-14(20)8-1-2-9-7-16-18-13(9)5-8/h1-7,19H,(H,16,18)(H,17,20). The fourth-order valence-corrected chi connectivity index (χ4v) is 2.10. The van der Waals surface area contributed by atoms with Crippen LogP contribution in [0, 0.1) is 0 Å². The van der Waals surface area contributed by atoms with Gasteiger partial charge in [0.2, 0.25) is 0 Å². The van der Waals surface area contributed by atoms with E-state index in [0.717, 1.165) is 10.9 Å². The fourth-order valence-electron chi connectivity index (χ4n) is 1.88. The molecule has 20 heavy (non-hydrogen) atoms. The zero-order chi connectivity index (χ0) is 14.1. The zero-order valence-electron chi connectivity index (χ0n) is 10.2. The molecule has 1 heterocycles. The van der Waals surface area contributed by atoms with Crippen LogP contribution in [0.2, 0.25) is 5.02 Å². The van der Waals surface area contributed by atoms with E-state index in [0.29, 0.717) is 11.3 Å². The highest BCUT2D eigenvalue weighted by Gasteiger charge is 2.10. The molecule has 0 saturated heterocycles. The zero-order valence-corrected chi connectivity index (χ0v) is 11.0. The molecule has 0 unspecified atom stereocenters. The van der Waals surface area contributed by atoms with E-state index in [1.165, 1.54) is 12.1 Å². The third-order valence-corrected chi connectivity index (χ3v) is 3.22. The maximum absolute atomic E-state index is 12.2. The Morgan fingerprint density at radius 2 is 2.10 bits per heavy atom. The average molecular weight is 288 g/mol. The predicted octanol–water partition coefficient (Wildman–Crippen LogP) is 3.17. The van der Waals surface area contributed by atoms with E-state index >= 15 is 0 Å². The number of rotatable bonds is 2. The van der Waals surface area contributed by atoms with Gasteiger partial charge >= 0.3 is 0 Å². The summed E-state index contributed by atoms with van der Waals surface area (Å²) >= 11 is 5.95. The third kappa shape index (κ3) is 2.31. The lowest BCUT2D eigenvalue weighted by atomic mass is 10.1. The van der Waals surface area contributed by atoms with E-state index < -0.39 is 0 Å². The molecular weight excluding hydrogens is 278 g/mol. The van der Waals surface area contributed by atoms with E-state index in [9.17, 15) is 9.90 Å². The van der Waals surface area contributed by atoms with Crippen LogP contribution >= 0.6 is 11.6 Å². The normalized spacial score (nSPS) is 10.7.